The Balaban J connectivity index is 3.08. The van der Waals surface area contributed by atoms with Crippen molar-refractivity contribution in [1.29, 1.82) is 0 Å². The first-order valence-corrected chi connectivity index (χ1v) is 6.34. The van der Waals surface area contributed by atoms with Gasteiger partial charge in [0.25, 0.3) is 0 Å². The molecular formula is C5H2S3Se. The summed E-state index contributed by atoms with van der Waals surface area (Å²) in [7, 11) is 0. The summed E-state index contributed by atoms with van der Waals surface area (Å²) in [5.74, 6) is 0. The molecule has 0 aliphatic rings. The Morgan fingerprint density at radius 3 is 2.33 bits per heavy atom. The third-order valence-electron chi connectivity index (χ3n) is 0.980. The SMILES string of the molecule is S=c1sc2c[se]cc2s1. The molecule has 9 heavy (non-hydrogen) atoms. The van der Waals surface area contributed by atoms with Gasteiger partial charge >= 0.3 is 71.8 Å². The van der Waals surface area contributed by atoms with Crippen LogP contribution in [0.1, 0.15) is 0 Å². The van der Waals surface area contributed by atoms with Crippen molar-refractivity contribution < 1.29 is 0 Å². The second kappa shape index (κ2) is 2.29. The molecule has 0 atom stereocenters. The summed E-state index contributed by atoms with van der Waals surface area (Å²) in [5, 5.41) is 0. The molecule has 0 aliphatic heterocycles. The van der Waals surface area contributed by atoms with Gasteiger partial charge < -0.3 is 0 Å². The van der Waals surface area contributed by atoms with Crippen LogP contribution in [0.4, 0.5) is 0 Å². The van der Waals surface area contributed by atoms with E-state index in [0.717, 1.165) is 3.14 Å². The minimum absolute atomic E-state index is 0.626. The van der Waals surface area contributed by atoms with Crippen LogP contribution in [0.15, 0.2) is 9.88 Å². The molecule has 0 amide bonds. The summed E-state index contributed by atoms with van der Waals surface area (Å²) in [6, 6.07) is 0. The van der Waals surface area contributed by atoms with Gasteiger partial charge in [0.1, 0.15) is 0 Å². The number of hydrogen-bond acceptors (Lipinski definition) is 3. The van der Waals surface area contributed by atoms with E-state index in [0.29, 0.717) is 14.5 Å². The monoisotopic (exact) mass is 238 g/mol. The molecule has 0 saturated heterocycles. The van der Waals surface area contributed by atoms with Crippen LogP contribution in [0.5, 0.6) is 0 Å². The van der Waals surface area contributed by atoms with Crippen molar-refractivity contribution in [2.75, 3.05) is 0 Å². The molecule has 0 fully saturated rings. The zero-order valence-corrected chi connectivity index (χ0v) is 8.45. The van der Waals surface area contributed by atoms with Crippen molar-refractivity contribution in [1.82, 2.24) is 0 Å². The Morgan fingerprint density at radius 2 is 1.78 bits per heavy atom. The summed E-state index contributed by atoms with van der Waals surface area (Å²) >= 11 is 9.13. The Morgan fingerprint density at radius 1 is 1.22 bits per heavy atom. The number of rotatable bonds is 0. The van der Waals surface area contributed by atoms with E-state index < -0.39 is 0 Å². The summed E-state index contributed by atoms with van der Waals surface area (Å²) < 4.78 is 3.87. The molecule has 0 bridgehead atoms. The van der Waals surface area contributed by atoms with Crippen LogP contribution in [-0.4, -0.2) is 14.5 Å². The first kappa shape index (κ1) is 6.25. The van der Waals surface area contributed by atoms with Gasteiger partial charge in [0.15, 0.2) is 0 Å². The fourth-order valence-corrected chi connectivity index (χ4v) is 5.61. The molecule has 0 radical (unpaired) electrons. The average molecular weight is 237 g/mol. The molecule has 2 rings (SSSR count). The van der Waals surface area contributed by atoms with Crippen molar-refractivity contribution in [3.63, 3.8) is 0 Å². The first-order chi connectivity index (χ1) is 4.36. The van der Waals surface area contributed by atoms with Crippen molar-refractivity contribution in [2.45, 2.75) is 0 Å². The standard InChI is InChI=1S/C5H2S3Se/c6-5-7-3-1-9-2-4(3)8-5/h1-2H. The molecule has 0 aromatic carbocycles. The Hall–Kier alpha value is 0.529. The minimum atomic E-state index is 0.626. The van der Waals surface area contributed by atoms with Crippen LogP contribution in [0.25, 0.3) is 9.40 Å². The molecule has 2 aromatic rings. The maximum absolute atomic E-state index is 5.02. The van der Waals surface area contributed by atoms with Crippen LogP contribution in [0, 0.1) is 3.14 Å². The fraction of sp³-hybridized carbons (Fsp3) is 0. The Kier molecular flexibility index (Phi) is 1.59. The van der Waals surface area contributed by atoms with E-state index in [1.54, 1.807) is 22.7 Å². The van der Waals surface area contributed by atoms with Crippen LogP contribution in [-0.2, 0) is 0 Å². The maximum atomic E-state index is 5.02. The van der Waals surface area contributed by atoms with Crippen molar-refractivity contribution in [3.8, 4) is 0 Å². The van der Waals surface area contributed by atoms with Gasteiger partial charge in [-0.1, -0.05) is 0 Å². The van der Waals surface area contributed by atoms with Gasteiger partial charge in [0.2, 0.25) is 0 Å². The van der Waals surface area contributed by atoms with Crippen LogP contribution >= 0.6 is 34.9 Å². The topological polar surface area (TPSA) is 0 Å². The van der Waals surface area contributed by atoms with E-state index in [4.69, 9.17) is 12.2 Å². The predicted octanol–water partition coefficient (Wildman–Crippen LogP) is 2.75. The molecule has 4 heteroatoms. The third kappa shape index (κ3) is 1.06. The van der Waals surface area contributed by atoms with E-state index >= 15 is 0 Å². The molecule has 46 valence electrons. The second-order valence-corrected chi connectivity index (χ2v) is 6.40. The molecular weight excluding hydrogens is 235 g/mol. The third-order valence-corrected chi connectivity index (χ3v) is 5.79. The van der Waals surface area contributed by atoms with Gasteiger partial charge in [-0.05, 0) is 0 Å². The van der Waals surface area contributed by atoms with Gasteiger partial charge in [-0.3, -0.25) is 0 Å². The summed E-state index contributed by atoms with van der Waals surface area (Å²) in [6.07, 6.45) is 0. The van der Waals surface area contributed by atoms with Gasteiger partial charge in [-0.2, -0.15) is 0 Å². The average Bonchev–Trinajstić information content (AvgIpc) is 2.22. The van der Waals surface area contributed by atoms with E-state index in [2.05, 4.69) is 9.88 Å². The quantitative estimate of drug-likeness (QED) is 0.501. The zero-order valence-electron chi connectivity index (χ0n) is 4.29. The zero-order chi connectivity index (χ0) is 6.27. The normalized spacial score (nSPS) is 10.7. The van der Waals surface area contributed by atoms with Crippen LogP contribution < -0.4 is 0 Å². The van der Waals surface area contributed by atoms with Gasteiger partial charge in [-0.15, -0.1) is 0 Å². The van der Waals surface area contributed by atoms with E-state index in [1.165, 1.54) is 9.40 Å². The van der Waals surface area contributed by atoms with Crippen molar-refractivity contribution in [3.05, 3.63) is 13.0 Å². The van der Waals surface area contributed by atoms with Crippen molar-refractivity contribution in [2.24, 2.45) is 0 Å². The first-order valence-electron chi connectivity index (χ1n) is 2.32. The summed E-state index contributed by atoms with van der Waals surface area (Å²) in [5.41, 5.74) is 0. The van der Waals surface area contributed by atoms with Crippen LogP contribution in [0.2, 0.25) is 0 Å². The summed E-state index contributed by atoms with van der Waals surface area (Å²) in [6.45, 7) is 0. The van der Waals surface area contributed by atoms with Gasteiger partial charge in [0, 0.05) is 0 Å². The molecule has 0 unspecified atom stereocenters. The Bertz CT molecular complexity index is 335. The van der Waals surface area contributed by atoms with Gasteiger partial charge in [-0.25, -0.2) is 0 Å². The number of hydrogen-bond donors (Lipinski definition) is 0. The molecule has 2 aromatic heterocycles. The van der Waals surface area contributed by atoms with Crippen molar-refractivity contribution >= 4 is 58.8 Å². The number of fused-ring (bicyclic) bond motifs is 1. The molecule has 0 aliphatic carbocycles. The summed E-state index contributed by atoms with van der Waals surface area (Å²) in [4.78, 5) is 4.58. The second-order valence-electron chi connectivity index (χ2n) is 1.55. The molecule has 0 spiro atoms. The van der Waals surface area contributed by atoms with Gasteiger partial charge in [0.05, 0.1) is 0 Å². The fourth-order valence-electron chi connectivity index (χ4n) is 0.623. The molecule has 0 nitrogen and oxygen atoms in total. The Labute approximate surface area is 71.5 Å². The predicted molar refractivity (Wildman–Crippen MR) is 47.5 cm³/mol. The van der Waals surface area contributed by atoms with E-state index in [-0.39, 0.29) is 0 Å². The molecule has 0 N–H and O–H groups in total. The molecule has 0 saturated carbocycles. The van der Waals surface area contributed by atoms with E-state index in [9.17, 15) is 0 Å². The molecule has 2 heterocycles. The van der Waals surface area contributed by atoms with Crippen LogP contribution in [0.3, 0.4) is 0 Å². The van der Waals surface area contributed by atoms with E-state index in [1.807, 2.05) is 0 Å².